The monoisotopic (exact) mass is 277 g/mol. The molecule has 2 rings (SSSR count). The number of pyridine rings is 1. The number of hydrogen-bond acceptors (Lipinski definition) is 4. The number of carbonyl (C=O) groups excluding carboxylic acids is 1. The zero-order chi connectivity index (χ0) is 14.4. The summed E-state index contributed by atoms with van der Waals surface area (Å²) in [5.41, 5.74) is 0.0285. The highest BCUT2D eigenvalue weighted by Gasteiger charge is 2.12. The minimum Gasteiger partial charge on any atom is -0.477 e. The number of nitrogens with zero attached hydrogens (tertiary/aromatic N) is 2. The molecule has 0 unspecified atom stereocenters. The van der Waals surface area contributed by atoms with E-state index in [1.807, 2.05) is 0 Å². The topological polar surface area (TPSA) is 82.5 Å². The molecule has 1 fully saturated rings. The number of hydrogen-bond donors (Lipinski definition) is 2. The molecule has 0 saturated carbocycles. The first-order valence-electron chi connectivity index (χ1n) is 6.88. The first-order chi connectivity index (χ1) is 9.66. The number of aromatic carboxylic acids is 1. The molecule has 6 nitrogen and oxygen atoms in total. The molecular formula is C14H19N3O3. The lowest BCUT2D eigenvalue weighted by atomic mass is 10.3. The van der Waals surface area contributed by atoms with Crippen molar-refractivity contribution in [3.8, 4) is 0 Å². The van der Waals surface area contributed by atoms with Crippen LogP contribution in [0.3, 0.4) is 0 Å². The van der Waals surface area contributed by atoms with Crippen molar-refractivity contribution in [1.82, 2.24) is 15.2 Å². The van der Waals surface area contributed by atoms with Crippen LogP contribution in [-0.4, -0.2) is 53.0 Å². The summed E-state index contributed by atoms with van der Waals surface area (Å²) < 4.78 is 0. The molecule has 108 valence electrons. The van der Waals surface area contributed by atoms with Crippen molar-refractivity contribution in [2.75, 3.05) is 26.2 Å². The highest BCUT2D eigenvalue weighted by Crippen LogP contribution is 2.07. The number of carboxylic acids is 1. The van der Waals surface area contributed by atoms with Crippen molar-refractivity contribution in [3.05, 3.63) is 29.6 Å². The third-order valence-electron chi connectivity index (χ3n) is 3.34. The van der Waals surface area contributed by atoms with Gasteiger partial charge in [0.05, 0.1) is 0 Å². The smallest absolute Gasteiger partial charge is 0.354 e. The van der Waals surface area contributed by atoms with E-state index in [9.17, 15) is 9.59 Å². The third-order valence-corrected chi connectivity index (χ3v) is 3.34. The fourth-order valence-corrected chi connectivity index (χ4v) is 2.28. The van der Waals surface area contributed by atoms with Gasteiger partial charge in [-0.05, 0) is 51.0 Å². The fourth-order valence-electron chi connectivity index (χ4n) is 2.28. The van der Waals surface area contributed by atoms with Gasteiger partial charge in [-0.2, -0.15) is 0 Å². The lowest BCUT2D eigenvalue weighted by molar-refractivity contribution is 0.0690. The Bertz CT molecular complexity index is 484. The molecule has 0 aromatic carbocycles. The first kappa shape index (κ1) is 14.5. The first-order valence-corrected chi connectivity index (χ1v) is 6.88. The summed E-state index contributed by atoms with van der Waals surface area (Å²) in [7, 11) is 0. The molecule has 1 amide bonds. The lowest BCUT2D eigenvalue weighted by Gasteiger charge is -2.14. The van der Waals surface area contributed by atoms with Gasteiger partial charge in [-0.15, -0.1) is 0 Å². The number of likely N-dealkylation sites (tertiary alicyclic amines) is 1. The second kappa shape index (κ2) is 7.00. The Hall–Kier alpha value is -1.95. The minimum atomic E-state index is -1.13. The van der Waals surface area contributed by atoms with Crippen LogP contribution in [0.15, 0.2) is 18.2 Å². The average Bonchev–Trinajstić information content (AvgIpc) is 2.96. The quantitative estimate of drug-likeness (QED) is 0.758. The SMILES string of the molecule is O=C(O)c1cccc(C(=O)NCCCN2CCCC2)n1. The van der Waals surface area contributed by atoms with E-state index >= 15 is 0 Å². The molecular weight excluding hydrogens is 258 g/mol. The molecule has 0 atom stereocenters. The maximum absolute atomic E-state index is 11.8. The highest BCUT2D eigenvalue weighted by molar-refractivity contribution is 5.94. The fraction of sp³-hybridized carbons (Fsp3) is 0.500. The van der Waals surface area contributed by atoms with Gasteiger partial charge < -0.3 is 15.3 Å². The summed E-state index contributed by atoms with van der Waals surface area (Å²) in [4.78, 5) is 28.8. The molecule has 1 aromatic rings. The molecule has 0 bridgehead atoms. The maximum atomic E-state index is 11.8. The van der Waals surface area contributed by atoms with Crippen LogP contribution in [0, 0.1) is 0 Å². The number of rotatable bonds is 6. The van der Waals surface area contributed by atoms with E-state index in [1.54, 1.807) is 0 Å². The summed E-state index contributed by atoms with van der Waals surface area (Å²) in [6.45, 7) is 3.86. The summed E-state index contributed by atoms with van der Waals surface area (Å²) in [5, 5.41) is 11.6. The van der Waals surface area contributed by atoms with E-state index in [2.05, 4.69) is 15.2 Å². The predicted octanol–water partition coefficient (Wildman–Crippen LogP) is 0.995. The zero-order valence-electron chi connectivity index (χ0n) is 11.3. The van der Waals surface area contributed by atoms with E-state index in [0.717, 1.165) is 26.1 Å². The van der Waals surface area contributed by atoms with Gasteiger partial charge in [-0.3, -0.25) is 4.79 Å². The Morgan fingerprint density at radius 1 is 1.25 bits per heavy atom. The summed E-state index contributed by atoms with van der Waals surface area (Å²) >= 11 is 0. The molecule has 0 aliphatic carbocycles. The predicted molar refractivity (Wildman–Crippen MR) is 73.8 cm³/mol. The Balaban J connectivity index is 1.76. The van der Waals surface area contributed by atoms with Crippen LogP contribution in [-0.2, 0) is 0 Å². The Labute approximate surface area is 117 Å². The van der Waals surface area contributed by atoms with E-state index in [-0.39, 0.29) is 17.3 Å². The maximum Gasteiger partial charge on any atom is 0.354 e. The summed E-state index contributed by atoms with van der Waals surface area (Å²) in [6, 6.07) is 4.41. The van der Waals surface area contributed by atoms with Gasteiger partial charge in [0.15, 0.2) is 0 Å². The van der Waals surface area contributed by atoms with Crippen LogP contribution in [0.1, 0.15) is 40.2 Å². The van der Waals surface area contributed by atoms with Crippen molar-refractivity contribution < 1.29 is 14.7 Å². The third kappa shape index (κ3) is 4.03. The van der Waals surface area contributed by atoms with Crippen LogP contribution in [0.2, 0.25) is 0 Å². The van der Waals surface area contributed by atoms with Gasteiger partial charge in [-0.1, -0.05) is 6.07 Å². The Morgan fingerprint density at radius 3 is 2.65 bits per heavy atom. The van der Waals surface area contributed by atoms with E-state index in [0.29, 0.717) is 6.54 Å². The van der Waals surface area contributed by atoms with Crippen LogP contribution < -0.4 is 5.32 Å². The van der Waals surface area contributed by atoms with Crippen molar-refractivity contribution in [1.29, 1.82) is 0 Å². The molecule has 0 spiro atoms. The van der Waals surface area contributed by atoms with Crippen molar-refractivity contribution in [3.63, 3.8) is 0 Å². The summed E-state index contributed by atoms with van der Waals surface area (Å²) in [5.74, 6) is -1.46. The average molecular weight is 277 g/mol. The van der Waals surface area contributed by atoms with Crippen LogP contribution in [0.5, 0.6) is 0 Å². The van der Waals surface area contributed by atoms with E-state index < -0.39 is 5.97 Å². The molecule has 20 heavy (non-hydrogen) atoms. The normalized spacial score (nSPS) is 15.2. The Kier molecular flexibility index (Phi) is 5.06. The zero-order valence-corrected chi connectivity index (χ0v) is 11.3. The lowest BCUT2D eigenvalue weighted by Crippen LogP contribution is -2.29. The second-order valence-electron chi connectivity index (χ2n) is 4.87. The molecule has 1 aromatic heterocycles. The molecule has 2 N–H and O–H groups in total. The number of carbonyl (C=O) groups is 2. The number of carboxylic acid groups (broad SMARTS) is 1. The molecule has 6 heteroatoms. The minimum absolute atomic E-state index is 0.116. The number of aromatic nitrogens is 1. The van der Waals surface area contributed by atoms with Gasteiger partial charge in [0.25, 0.3) is 5.91 Å². The largest absolute Gasteiger partial charge is 0.477 e. The molecule has 1 aliphatic rings. The van der Waals surface area contributed by atoms with Gasteiger partial charge in [0.2, 0.25) is 0 Å². The van der Waals surface area contributed by atoms with Crippen molar-refractivity contribution in [2.45, 2.75) is 19.3 Å². The highest BCUT2D eigenvalue weighted by atomic mass is 16.4. The van der Waals surface area contributed by atoms with Gasteiger partial charge in [-0.25, -0.2) is 9.78 Å². The van der Waals surface area contributed by atoms with Crippen LogP contribution in [0.4, 0.5) is 0 Å². The standard InChI is InChI=1S/C14H19N3O3/c18-13(11-5-3-6-12(16-11)14(19)20)15-7-4-10-17-8-1-2-9-17/h3,5-6H,1-2,4,7-10H2,(H,15,18)(H,19,20). The second-order valence-corrected chi connectivity index (χ2v) is 4.87. The Morgan fingerprint density at radius 2 is 1.95 bits per heavy atom. The van der Waals surface area contributed by atoms with Gasteiger partial charge >= 0.3 is 5.97 Å². The molecule has 2 heterocycles. The summed E-state index contributed by atoms with van der Waals surface area (Å²) in [6.07, 6.45) is 3.42. The molecule has 0 radical (unpaired) electrons. The number of nitrogens with one attached hydrogen (secondary N) is 1. The van der Waals surface area contributed by atoms with Crippen molar-refractivity contribution in [2.24, 2.45) is 0 Å². The molecule has 1 aliphatic heterocycles. The van der Waals surface area contributed by atoms with E-state index in [4.69, 9.17) is 5.11 Å². The van der Waals surface area contributed by atoms with Crippen molar-refractivity contribution >= 4 is 11.9 Å². The van der Waals surface area contributed by atoms with Gasteiger partial charge in [0, 0.05) is 6.54 Å². The van der Waals surface area contributed by atoms with E-state index in [1.165, 1.54) is 31.0 Å². The number of amides is 1. The molecule has 1 saturated heterocycles. The van der Waals surface area contributed by atoms with Gasteiger partial charge in [0.1, 0.15) is 11.4 Å². The van der Waals surface area contributed by atoms with Crippen LogP contribution >= 0.6 is 0 Å². The van der Waals surface area contributed by atoms with Crippen LogP contribution in [0.25, 0.3) is 0 Å².